The summed E-state index contributed by atoms with van der Waals surface area (Å²) in [6.07, 6.45) is 0. The molecular weight excluding hydrogens is 282 g/mol. The number of benzene rings is 1. The molecule has 1 aromatic carbocycles. The van der Waals surface area contributed by atoms with E-state index in [-0.39, 0.29) is 5.84 Å². The highest BCUT2D eigenvalue weighted by Crippen LogP contribution is 2.31. The van der Waals surface area contributed by atoms with Gasteiger partial charge in [0, 0.05) is 39.9 Å². The quantitative estimate of drug-likeness (QED) is 0.381. The van der Waals surface area contributed by atoms with E-state index in [9.17, 15) is 0 Å². The molecule has 0 bridgehead atoms. The zero-order valence-corrected chi connectivity index (χ0v) is 12.6. The summed E-state index contributed by atoms with van der Waals surface area (Å²) in [6, 6.07) is 5.51. The Kier molecular flexibility index (Phi) is 4.47. The molecule has 0 saturated carbocycles. The lowest BCUT2D eigenvalue weighted by Gasteiger charge is -2.37. The Morgan fingerprint density at radius 1 is 1.42 bits per heavy atom. The summed E-state index contributed by atoms with van der Waals surface area (Å²) in [4.78, 5) is 2.27. The molecule has 104 valence electrons. The van der Waals surface area contributed by atoms with Crippen molar-refractivity contribution in [2.45, 2.75) is 24.3 Å². The minimum atomic E-state index is 0.0935. The molecule has 0 aromatic heterocycles. The third kappa shape index (κ3) is 3.28. The van der Waals surface area contributed by atoms with Crippen LogP contribution in [0.1, 0.15) is 19.4 Å². The van der Waals surface area contributed by atoms with E-state index < -0.39 is 0 Å². The van der Waals surface area contributed by atoms with E-state index in [1.54, 1.807) is 6.07 Å². The molecule has 19 heavy (non-hydrogen) atoms. The lowest BCUT2D eigenvalue weighted by atomic mass is 10.1. The third-order valence-corrected chi connectivity index (χ3v) is 4.57. The SMILES string of the molecule is CC1CN(c2ccc(Cl)cc2C(N)=NO)CC(C)S1. The topological polar surface area (TPSA) is 61.8 Å². The third-order valence-electron chi connectivity index (χ3n) is 3.10. The van der Waals surface area contributed by atoms with Gasteiger partial charge in [0.05, 0.1) is 0 Å². The van der Waals surface area contributed by atoms with Crippen molar-refractivity contribution in [3.8, 4) is 0 Å². The van der Waals surface area contributed by atoms with Gasteiger partial charge in [-0.15, -0.1) is 0 Å². The van der Waals surface area contributed by atoms with Gasteiger partial charge in [-0.3, -0.25) is 0 Å². The number of hydrogen-bond acceptors (Lipinski definition) is 4. The van der Waals surface area contributed by atoms with E-state index in [2.05, 4.69) is 23.9 Å². The molecule has 3 N–H and O–H groups in total. The van der Waals surface area contributed by atoms with Gasteiger partial charge in [-0.2, -0.15) is 11.8 Å². The van der Waals surface area contributed by atoms with Gasteiger partial charge in [0.25, 0.3) is 0 Å². The molecule has 1 aliphatic rings. The number of rotatable bonds is 2. The molecule has 1 aromatic rings. The molecule has 1 aliphatic heterocycles. The summed E-state index contributed by atoms with van der Waals surface area (Å²) in [5, 5.41) is 13.7. The standard InChI is InChI=1S/C13H18ClN3OS/c1-8-6-17(7-9(2)19-8)12-4-3-10(14)5-11(12)13(15)16-18/h3-5,8-9,18H,6-7H2,1-2H3,(H2,15,16). The van der Waals surface area contributed by atoms with Crippen molar-refractivity contribution in [2.24, 2.45) is 10.9 Å². The second kappa shape index (κ2) is 5.92. The molecule has 2 unspecified atom stereocenters. The maximum absolute atomic E-state index is 8.90. The highest BCUT2D eigenvalue weighted by Gasteiger charge is 2.24. The van der Waals surface area contributed by atoms with E-state index in [1.165, 1.54) is 0 Å². The number of halogens is 1. The van der Waals surface area contributed by atoms with Crippen LogP contribution in [0.5, 0.6) is 0 Å². The van der Waals surface area contributed by atoms with Gasteiger partial charge in [-0.25, -0.2) is 0 Å². The fraction of sp³-hybridized carbons (Fsp3) is 0.462. The van der Waals surface area contributed by atoms with Crippen molar-refractivity contribution in [3.63, 3.8) is 0 Å². The van der Waals surface area contributed by atoms with Gasteiger partial charge < -0.3 is 15.8 Å². The van der Waals surface area contributed by atoms with Crippen LogP contribution in [-0.4, -0.2) is 34.6 Å². The molecule has 1 heterocycles. The van der Waals surface area contributed by atoms with Gasteiger partial charge in [-0.05, 0) is 18.2 Å². The molecular formula is C13H18ClN3OS. The molecule has 4 nitrogen and oxygen atoms in total. The first-order valence-corrected chi connectivity index (χ1v) is 7.51. The van der Waals surface area contributed by atoms with E-state index in [4.69, 9.17) is 22.5 Å². The van der Waals surface area contributed by atoms with Crippen LogP contribution in [0.15, 0.2) is 23.4 Å². The average molecular weight is 300 g/mol. The normalized spacial score (nSPS) is 24.6. The maximum Gasteiger partial charge on any atom is 0.172 e. The summed E-state index contributed by atoms with van der Waals surface area (Å²) in [7, 11) is 0. The van der Waals surface area contributed by atoms with Gasteiger partial charge >= 0.3 is 0 Å². The van der Waals surface area contributed by atoms with Crippen LogP contribution >= 0.6 is 23.4 Å². The highest BCUT2D eigenvalue weighted by molar-refractivity contribution is 8.00. The fourth-order valence-corrected chi connectivity index (χ4v) is 3.91. The van der Waals surface area contributed by atoms with Gasteiger partial charge in [0.1, 0.15) is 0 Å². The first kappa shape index (κ1) is 14.3. The van der Waals surface area contributed by atoms with Crippen LogP contribution in [-0.2, 0) is 0 Å². The summed E-state index contributed by atoms with van der Waals surface area (Å²) in [5.41, 5.74) is 7.40. The fourth-order valence-electron chi connectivity index (χ4n) is 2.42. The van der Waals surface area contributed by atoms with Crippen LogP contribution < -0.4 is 10.6 Å². The Morgan fingerprint density at radius 2 is 2.05 bits per heavy atom. The molecule has 1 saturated heterocycles. The lowest BCUT2D eigenvalue weighted by Crippen LogP contribution is -2.41. The van der Waals surface area contributed by atoms with Crippen molar-refractivity contribution in [2.75, 3.05) is 18.0 Å². The molecule has 1 fully saturated rings. The van der Waals surface area contributed by atoms with Crippen LogP contribution in [0.4, 0.5) is 5.69 Å². The number of anilines is 1. The van der Waals surface area contributed by atoms with Crippen LogP contribution in [0.3, 0.4) is 0 Å². The summed E-state index contributed by atoms with van der Waals surface area (Å²) >= 11 is 7.98. The molecule has 0 aliphatic carbocycles. The minimum Gasteiger partial charge on any atom is -0.409 e. The zero-order valence-electron chi connectivity index (χ0n) is 11.0. The average Bonchev–Trinajstić information content (AvgIpc) is 2.36. The Balaban J connectivity index is 2.38. The molecule has 0 amide bonds. The van der Waals surface area contributed by atoms with Crippen molar-refractivity contribution in [1.29, 1.82) is 0 Å². The second-order valence-electron chi connectivity index (χ2n) is 4.81. The summed E-state index contributed by atoms with van der Waals surface area (Å²) < 4.78 is 0. The number of hydrogen-bond donors (Lipinski definition) is 2. The second-order valence-corrected chi connectivity index (χ2v) is 7.13. The maximum atomic E-state index is 8.90. The number of thioether (sulfide) groups is 1. The Labute approximate surface area is 122 Å². The van der Waals surface area contributed by atoms with E-state index >= 15 is 0 Å². The summed E-state index contributed by atoms with van der Waals surface area (Å²) in [5.74, 6) is 0.0935. The van der Waals surface area contributed by atoms with Gasteiger partial charge in [-0.1, -0.05) is 30.6 Å². The van der Waals surface area contributed by atoms with Crippen molar-refractivity contribution < 1.29 is 5.21 Å². The predicted octanol–water partition coefficient (Wildman–Crippen LogP) is 2.76. The summed E-state index contributed by atoms with van der Waals surface area (Å²) in [6.45, 7) is 6.32. The van der Waals surface area contributed by atoms with Crippen molar-refractivity contribution in [1.82, 2.24) is 0 Å². The Morgan fingerprint density at radius 3 is 2.63 bits per heavy atom. The van der Waals surface area contributed by atoms with E-state index in [0.717, 1.165) is 18.8 Å². The predicted molar refractivity (Wildman–Crippen MR) is 82.7 cm³/mol. The number of amidine groups is 1. The molecule has 0 spiro atoms. The largest absolute Gasteiger partial charge is 0.409 e. The van der Waals surface area contributed by atoms with Gasteiger partial charge in [0.2, 0.25) is 0 Å². The van der Waals surface area contributed by atoms with Crippen LogP contribution in [0, 0.1) is 0 Å². The molecule has 2 atom stereocenters. The minimum absolute atomic E-state index is 0.0935. The Hall–Kier alpha value is -1.07. The first-order chi connectivity index (χ1) is 9.01. The molecule has 0 radical (unpaired) electrons. The molecule has 2 rings (SSSR count). The van der Waals surface area contributed by atoms with E-state index in [0.29, 0.717) is 21.1 Å². The van der Waals surface area contributed by atoms with Crippen molar-refractivity contribution in [3.05, 3.63) is 28.8 Å². The van der Waals surface area contributed by atoms with E-state index in [1.807, 2.05) is 23.9 Å². The van der Waals surface area contributed by atoms with Crippen molar-refractivity contribution >= 4 is 34.9 Å². The Bertz CT molecular complexity index is 485. The molecule has 6 heteroatoms. The monoisotopic (exact) mass is 299 g/mol. The van der Waals surface area contributed by atoms with Gasteiger partial charge in [0.15, 0.2) is 5.84 Å². The van der Waals surface area contributed by atoms with Crippen LogP contribution in [0.2, 0.25) is 5.02 Å². The smallest absolute Gasteiger partial charge is 0.172 e. The highest BCUT2D eigenvalue weighted by atomic mass is 35.5. The zero-order chi connectivity index (χ0) is 14.0. The van der Waals surface area contributed by atoms with Crippen LogP contribution in [0.25, 0.3) is 0 Å². The lowest BCUT2D eigenvalue weighted by molar-refractivity contribution is 0.318. The number of nitrogens with two attached hydrogens (primary N) is 1. The number of nitrogens with zero attached hydrogens (tertiary/aromatic N) is 2. The first-order valence-electron chi connectivity index (χ1n) is 6.19. The number of oxime groups is 1.